The van der Waals surface area contributed by atoms with Crippen LogP contribution in [0.15, 0.2) is 27.7 Å². The van der Waals surface area contributed by atoms with Crippen LogP contribution in [0.1, 0.15) is 0 Å². The number of anilines is 1. The normalized spacial score (nSPS) is 13.9. The molecule has 1 aromatic rings. The fourth-order valence-electron chi connectivity index (χ4n) is 0.876. The van der Waals surface area contributed by atoms with Gasteiger partial charge >= 0.3 is 0 Å². The van der Waals surface area contributed by atoms with Crippen molar-refractivity contribution in [1.29, 1.82) is 0 Å². The van der Waals surface area contributed by atoms with Crippen LogP contribution >= 0.6 is 27.9 Å². The number of halogens is 1. The first-order valence-electron chi connectivity index (χ1n) is 3.10. The molecule has 56 valence electrons. The zero-order chi connectivity index (χ0) is 7.68. The maximum absolute atomic E-state index is 4.19. The average Bonchev–Trinajstić information content (AvgIpc) is 2.04. The van der Waals surface area contributed by atoms with Crippen LogP contribution in [0.2, 0.25) is 0 Å². The van der Waals surface area contributed by atoms with Crippen LogP contribution in [0.4, 0.5) is 11.4 Å². The van der Waals surface area contributed by atoms with E-state index in [0.717, 1.165) is 15.8 Å². The molecule has 0 amide bonds. The van der Waals surface area contributed by atoms with Crippen LogP contribution in [0, 0.1) is 0 Å². The van der Waals surface area contributed by atoms with E-state index in [0.29, 0.717) is 0 Å². The van der Waals surface area contributed by atoms with E-state index in [1.54, 1.807) is 5.55 Å². The van der Waals surface area contributed by atoms with E-state index in [9.17, 15) is 0 Å². The molecule has 1 aliphatic rings. The van der Waals surface area contributed by atoms with Gasteiger partial charge in [-0.2, -0.15) is 0 Å². The topological polar surface area (TPSA) is 24.4 Å². The second-order valence-electron chi connectivity index (χ2n) is 2.12. The Morgan fingerprint density at radius 2 is 2.36 bits per heavy atom. The molecule has 2 rings (SSSR count). The van der Waals surface area contributed by atoms with Gasteiger partial charge in [0, 0.05) is 4.47 Å². The van der Waals surface area contributed by atoms with Gasteiger partial charge in [-0.3, -0.25) is 0 Å². The Bertz CT molecular complexity index is 311. The second-order valence-corrected chi connectivity index (χ2v) is 3.68. The maximum atomic E-state index is 4.19. The molecule has 0 bridgehead atoms. The number of rotatable bonds is 0. The third-order valence-corrected chi connectivity index (χ3v) is 2.41. The van der Waals surface area contributed by atoms with Crippen molar-refractivity contribution in [1.82, 2.24) is 0 Å². The highest BCUT2D eigenvalue weighted by Crippen LogP contribution is 2.32. The molecule has 1 heterocycles. The molecule has 2 nitrogen and oxygen atoms in total. The highest BCUT2D eigenvalue weighted by Gasteiger charge is 2.04. The first kappa shape index (κ1) is 7.18. The van der Waals surface area contributed by atoms with Crippen LogP contribution < -0.4 is 4.72 Å². The van der Waals surface area contributed by atoms with Crippen molar-refractivity contribution in [2.45, 2.75) is 0 Å². The average molecular weight is 229 g/mol. The monoisotopic (exact) mass is 228 g/mol. The van der Waals surface area contributed by atoms with E-state index in [4.69, 9.17) is 0 Å². The quantitative estimate of drug-likeness (QED) is 0.691. The first-order valence-corrected chi connectivity index (χ1v) is 4.77. The second kappa shape index (κ2) is 2.87. The Hall–Kier alpha value is -0.480. The summed E-state index contributed by atoms with van der Waals surface area (Å²) >= 11 is 4.87. The molecule has 1 N–H and O–H groups in total. The summed E-state index contributed by atoms with van der Waals surface area (Å²) in [6.07, 6.45) is 0. The molecule has 0 unspecified atom stereocenters. The SMILES string of the molecule is Brc1ccc2c(c1)NSC=N2. The van der Waals surface area contributed by atoms with E-state index < -0.39 is 0 Å². The lowest BCUT2D eigenvalue weighted by Gasteiger charge is -2.10. The minimum absolute atomic E-state index is 0.993. The minimum Gasteiger partial charge on any atom is -0.323 e. The summed E-state index contributed by atoms with van der Waals surface area (Å²) in [5.41, 5.74) is 3.84. The van der Waals surface area contributed by atoms with Crippen molar-refractivity contribution in [2.24, 2.45) is 4.99 Å². The largest absolute Gasteiger partial charge is 0.323 e. The molecule has 0 fully saturated rings. The lowest BCUT2D eigenvalue weighted by Crippen LogP contribution is -1.91. The summed E-state index contributed by atoms with van der Waals surface area (Å²) in [5, 5.41) is 0. The number of nitrogens with zero attached hydrogens (tertiary/aromatic N) is 1. The van der Waals surface area contributed by atoms with Crippen molar-refractivity contribution < 1.29 is 0 Å². The van der Waals surface area contributed by atoms with Crippen molar-refractivity contribution in [3.05, 3.63) is 22.7 Å². The smallest absolute Gasteiger partial charge is 0.0877 e. The van der Waals surface area contributed by atoms with Crippen LogP contribution in [0.5, 0.6) is 0 Å². The van der Waals surface area contributed by atoms with Crippen molar-refractivity contribution in [2.75, 3.05) is 4.72 Å². The van der Waals surface area contributed by atoms with Gasteiger partial charge in [-0.15, -0.1) is 0 Å². The zero-order valence-electron chi connectivity index (χ0n) is 5.54. The number of hydrogen-bond acceptors (Lipinski definition) is 3. The summed E-state index contributed by atoms with van der Waals surface area (Å²) in [7, 11) is 0. The Balaban J connectivity index is 2.53. The van der Waals surface area contributed by atoms with Crippen molar-refractivity contribution >= 4 is 44.8 Å². The Labute approximate surface area is 77.4 Å². The summed E-state index contributed by atoms with van der Waals surface area (Å²) in [6, 6.07) is 5.97. The molecule has 1 aliphatic heterocycles. The lowest BCUT2D eigenvalue weighted by atomic mass is 10.3. The highest BCUT2D eigenvalue weighted by molar-refractivity contribution is 9.10. The molecule has 11 heavy (non-hydrogen) atoms. The first-order chi connectivity index (χ1) is 5.36. The molecule has 4 heteroatoms. The van der Waals surface area contributed by atoms with Gasteiger partial charge in [-0.05, 0) is 30.1 Å². The van der Waals surface area contributed by atoms with Gasteiger partial charge in [0.15, 0.2) is 0 Å². The molecule has 0 saturated carbocycles. The van der Waals surface area contributed by atoms with Gasteiger partial charge in [0.05, 0.1) is 16.9 Å². The number of nitrogens with one attached hydrogen (secondary N) is 1. The van der Waals surface area contributed by atoms with Crippen molar-refractivity contribution in [3.8, 4) is 0 Å². The summed E-state index contributed by atoms with van der Waals surface area (Å²) in [5.74, 6) is 0. The molecular formula is C7H5BrN2S. The summed E-state index contributed by atoms with van der Waals surface area (Å²) < 4.78 is 4.21. The van der Waals surface area contributed by atoms with Crippen LogP contribution in [0.3, 0.4) is 0 Å². The van der Waals surface area contributed by atoms with E-state index in [1.165, 1.54) is 11.9 Å². The predicted octanol–water partition coefficient (Wildman–Crippen LogP) is 3.18. The van der Waals surface area contributed by atoms with Gasteiger partial charge in [0.1, 0.15) is 0 Å². The van der Waals surface area contributed by atoms with Crippen LogP contribution in [-0.4, -0.2) is 5.55 Å². The van der Waals surface area contributed by atoms with Gasteiger partial charge in [-0.25, -0.2) is 4.99 Å². The molecule has 0 spiro atoms. The number of fused-ring (bicyclic) bond motifs is 1. The van der Waals surface area contributed by atoms with E-state index in [1.807, 2.05) is 18.2 Å². The number of aliphatic imine (C=N–C) groups is 1. The van der Waals surface area contributed by atoms with Crippen LogP contribution in [0.25, 0.3) is 0 Å². The Morgan fingerprint density at radius 3 is 3.27 bits per heavy atom. The third-order valence-electron chi connectivity index (χ3n) is 1.37. The standard InChI is InChI=1S/C7H5BrN2S/c8-5-1-2-6-7(3-5)10-11-4-9-6/h1-4,10H. The Kier molecular flexibility index (Phi) is 1.87. The minimum atomic E-state index is 0.993. The molecule has 0 radical (unpaired) electrons. The molecule has 0 saturated heterocycles. The van der Waals surface area contributed by atoms with Gasteiger partial charge in [0.25, 0.3) is 0 Å². The van der Waals surface area contributed by atoms with E-state index in [2.05, 4.69) is 25.6 Å². The number of benzene rings is 1. The molecular weight excluding hydrogens is 224 g/mol. The fourth-order valence-corrected chi connectivity index (χ4v) is 1.75. The fraction of sp³-hybridized carbons (Fsp3) is 0. The third kappa shape index (κ3) is 1.41. The van der Waals surface area contributed by atoms with Crippen LogP contribution in [-0.2, 0) is 0 Å². The van der Waals surface area contributed by atoms with Gasteiger partial charge in [0.2, 0.25) is 0 Å². The summed E-state index contributed by atoms with van der Waals surface area (Å²) in [6.45, 7) is 0. The molecule has 0 atom stereocenters. The molecule has 0 aliphatic carbocycles. The molecule has 0 aromatic heterocycles. The predicted molar refractivity (Wildman–Crippen MR) is 53.5 cm³/mol. The maximum Gasteiger partial charge on any atom is 0.0877 e. The van der Waals surface area contributed by atoms with Gasteiger partial charge < -0.3 is 4.72 Å². The van der Waals surface area contributed by atoms with E-state index >= 15 is 0 Å². The lowest BCUT2D eigenvalue weighted by molar-refractivity contribution is 1.52. The van der Waals surface area contributed by atoms with Crippen molar-refractivity contribution in [3.63, 3.8) is 0 Å². The Morgan fingerprint density at radius 1 is 1.45 bits per heavy atom. The zero-order valence-corrected chi connectivity index (χ0v) is 7.95. The number of hydrogen-bond donors (Lipinski definition) is 1. The summed E-state index contributed by atoms with van der Waals surface area (Å²) in [4.78, 5) is 4.19. The highest BCUT2D eigenvalue weighted by atomic mass is 79.9. The van der Waals surface area contributed by atoms with E-state index in [-0.39, 0.29) is 0 Å². The molecule has 1 aromatic carbocycles. The van der Waals surface area contributed by atoms with Gasteiger partial charge in [-0.1, -0.05) is 15.9 Å².